The van der Waals surface area contributed by atoms with Gasteiger partial charge in [-0.25, -0.2) is 0 Å². The van der Waals surface area contributed by atoms with Crippen molar-refractivity contribution in [1.82, 2.24) is 0 Å². The number of aldehydes is 1. The van der Waals surface area contributed by atoms with E-state index < -0.39 is 0 Å². The largest absolute Gasteiger partial charge is 0.507 e. The normalized spacial score (nSPS) is 12.1. The molecule has 2 aromatic rings. The van der Waals surface area contributed by atoms with Crippen molar-refractivity contribution in [2.45, 2.75) is 19.8 Å². The predicted molar refractivity (Wildman–Crippen MR) is 72.2 cm³/mol. The molecular weight excluding hydrogens is 224 g/mol. The van der Waals surface area contributed by atoms with Crippen LogP contribution in [0.25, 0.3) is 0 Å². The number of rotatable bonds is 3. The van der Waals surface area contributed by atoms with E-state index in [9.17, 15) is 9.90 Å². The Labute approximate surface area is 107 Å². The van der Waals surface area contributed by atoms with Gasteiger partial charge < -0.3 is 5.11 Å². The van der Waals surface area contributed by atoms with Crippen molar-refractivity contribution in [3.05, 3.63) is 64.7 Å². The van der Waals surface area contributed by atoms with Crippen LogP contribution in [0, 0.1) is 6.92 Å². The summed E-state index contributed by atoms with van der Waals surface area (Å²) in [5, 5.41) is 10.1. The van der Waals surface area contributed by atoms with E-state index in [0.717, 1.165) is 16.7 Å². The van der Waals surface area contributed by atoms with Gasteiger partial charge in [0, 0.05) is 11.5 Å². The molecule has 92 valence electrons. The second kappa shape index (κ2) is 5.05. The number of phenolic OH excluding ortho intramolecular Hbond substituents is 1. The molecule has 0 radical (unpaired) electrons. The molecule has 0 bridgehead atoms. The Hall–Kier alpha value is -2.09. The number of carbonyl (C=O) groups is 1. The van der Waals surface area contributed by atoms with Gasteiger partial charge in [-0.1, -0.05) is 43.3 Å². The molecule has 0 amide bonds. The highest BCUT2D eigenvalue weighted by Crippen LogP contribution is 2.33. The Morgan fingerprint density at radius 1 is 1.17 bits per heavy atom. The summed E-state index contributed by atoms with van der Waals surface area (Å²) in [7, 11) is 0. The summed E-state index contributed by atoms with van der Waals surface area (Å²) < 4.78 is 0. The van der Waals surface area contributed by atoms with Crippen LogP contribution in [-0.4, -0.2) is 11.4 Å². The van der Waals surface area contributed by atoms with E-state index in [1.807, 2.05) is 50.2 Å². The van der Waals surface area contributed by atoms with E-state index in [-0.39, 0.29) is 11.7 Å². The lowest BCUT2D eigenvalue weighted by Crippen LogP contribution is -1.99. The number of hydrogen-bond acceptors (Lipinski definition) is 2. The van der Waals surface area contributed by atoms with E-state index in [2.05, 4.69) is 0 Å². The van der Waals surface area contributed by atoms with Crippen LogP contribution in [0.3, 0.4) is 0 Å². The summed E-state index contributed by atoms with van der Waals surface area (Å²) in [4.78, 5) is 10.9. The van der Waals surface area contributed by atoms with Crippen LogP contribution in [0.15, 0.2) is 42.5 Å². The number of phenols is 1. The Kier molecular flexibility index (Phi) is 3.47. The van der Waals surface area contributed by atoms with Crippen molar-refractivity contribution in [2.75, 3.05) is 0 Å². The van der Waals surface area contributed by atoms with Gasteiger partial charge in [0.2, 0.25) is 0 Å². The molecule has 0 spiro atoms. The fourth-order valence-corrected chi connectivity index (χ4v) is 2.18. The van der Waals surface area contributed by atoms with Crippen LogP contribution in [0.5, 0.6) is 5.75 Å². The second-order valence-corrected chi connectivity index (χ2v) is 4.54. The summed E-state index contributed by atoms with van der Waals surface area (Å²) in [5.41, 5.74) is 3.25. The lowest BCUT2D eigenvalue weighted by Gasteiger charge is -2.16. The fraction of sp³-hybridized carbons (Fsp3) is 0.188. The molecule has 2 rings (SSSR count). The van der Waals surface area contributed by atoms with E-state index in [1.165, 1.54) is 0 Å². The number of benzene rings is 2. The van der Waals surface area contributed by atoms with Gasteiger partial charge in [-0.15, -0.1) is 0 Å². The fourth-order valence-electron chi connectivity index (χ4n) is 2.18. The summed E-state index contributed by atoms with van der Waals surface area (Å²) >= 11 is 0. The quantitative estimate of drug-likeness (QED) is 0.831. The van der Waals surface area contributed by atoms with Crippen molar-refractivity contribution in [2.24, 2.45) is 0 Å². The number of aromatic hydroxyl groups is 1. The van der Waals surface area contributed by atoms with Gasteiger partial charge in [0.1, 0.15) is 5.75 Å². The maximum Gasteiger partial charge on any atom is 0.153 e. The molecule has 2 nitrogen and oxygen atoms in total. The highest BCUT2D eigenvalue weighted by molar-refractivity contribution is 5.80. The van der Waals surface area contributed by atoms with Crippen LogP contribution < -0.4 is 0 Å². The van der Waals surface area contributed by atoms with Gasteiger partial charge in [-0.05, 0) is 24.1 Å². The minimum Gasteiger partial charge on any atom is -0.507 e. The van der Waals surface area contributed by atoms with E-state index in [0.29, 0.717) is 11.8 Å². The molecule has 2 aromatic carbocycles. The topological polar surface area (TPSA) is 37.3 Å². The number of hydrogen-bond donors (Lipinski definition) is 1. The van der Waals surface area contributed by atoms with Crippen molar-refractivity contribution in [3.63, 3.8) is 0 Å². The summed E-state index contributed by atoms with van der Waals surface area (Å²) in [6, 6.07) is 13.6. The molecule has 0 aromatic heterocycles. The van der Waals surface area contributed by atoms with Crippen molar-refractivity contribution < 1.29 is 9.90 Å². The minimum atomic E-state index is 0.0600. The third-order valence-corrected chi connectivity index (χ3v) is 3.21. The van der Waals surface area contributed by atoms with Gasteiger partial charge in [0.25, 0.3) is 0 Å². The molecule has 0 aliphatic rings. The van der Waals surface area contributed by atoms with Crippen LogP contribution in [-0.2, 0) is 0 Å². The zero-order valence-corrected chi connectivity index (χ0v) is 10.6. The zero-order valence-electron chi connectivity index (χ0n) is 10.6. The average molecular weight is 240 g/mol. The molecule has 2 heteroatoms. The third kappa shape index (κ3) is 2.28. The number of aryl methyl sites for hydroxylation is 1. The monoisotopic (exact) mass is 240 g/mol. The highest BCUT2D eigenvalue weighted by atomic mass is 16.3. The first-order valence-corrected chi connectivity index (χ1v) is 5.97. The first-order chi connectivity index (χ1) is 8.63. The summed E-state index contributed by atoms with van der Waals surface area (Å²) in [6.45, 7) is 3.95. The number of carbonyl (C=O) groups excluding carboxylic acids is 1. The van der Waals surface area contributed by atoms with Crippen molar-refractivity contribution >= 4 is 6.29 Å². The first kappa shape index (κ1) is 12.4. The molecule has 0 fully saturated rings. The lowest BCUT2D eigenvalue weighted by molar-refractivity contribution is 0.112. The maximum absolute atomic E-state index is 10.9. The van der Waals surface area contributed by atoms with Crippen molar-refractivity contribution in [1.29, 1.82) is 0 Å². The zero-order chi connectivity index (χ0) is 13.1. The molecule has 0 saturated heterocycles. The molecule has 1 N–H and O–H groups in total. The van der Waals surface area contributed by atoms with E-state index in [1.54, 1.807) is 6.07 Å². The Bertz CT molecular complexity index is 559. The minimum absolute atomic E-state index is 0.0600. The van der Waals surface area contributed by atoms with Crippen molar-refractivity contribution in [3.8, 4) is 5.75 Å². The average Bonchev–Trinajstić information content (AvgIpc) is 2.41. The van der Waals surface area contributed by atoms with Crippen LogP contribution in [0.1, 0.15) is 39.9 Å². The van der Waals surface area contributed by atoms with Gasteiger partial charge >= 0.3 is 0 Å². The Morgan fingerprint density at radius 3 is 2.44 bits per heavy atom. The third-order valence-electron chi connectivity index (χ3n) is 3.21. The van der Waals surface area contributed by atoms with Gasteiger partial charge in [0.05, 0.1) is 5.56 Å². The Morgan fingerprint density at radius 2 is 1.83 bits per heavy atom. The molecule has 0 saturated carbocycles. The molecule has 1 atom stereocenters. The molecule has 18 heavy (non-hydrogen) atoms. The molecule has 0 heterocycles. The van der Waals surface area contributed by atoms with E-state index >= 15 is 0 Å². The second-order valence-electron chi connectivity index (χ2n) is 4.54. The Balaban J connectivity index is 2.51. The molecule has 0 unspecified atom stereocenters. The summed E-state index contributed by atoms with van der Waals surface area (Å²) in [6.07, 6.45) is 0.698. The smallest absolute Gasteiger partial charge is 0.153 e. The van der Waals surface area contributed by atoms with Crippen LogP contribution in [0.2, 0.25) is 0 Å². The highest BCUT2D eigenvalue weighted by Gasteiger charge is 2.15. The van der Waals surface area contributed by atoms with Crippen LogP contribution in [0.4, 0.5) is 0 Å². The van der Waals surface area contributed by atoms with E-state index in [4.69, 9.17) is 0 Å². The summed E-state index contributed by atoms with van der Waals surface area (Å²) in [5.74, 6) is 0.150. The SMILES string of the molecule is Cc1cc(C=O)c(O)c([C@@H](C)c2ccccc2)c1. The van der Waals surface area contributed by atoms with Gasteiger partial charge in [-0.3, -0.25) is 4.79 Å². The molecule has 0 aliphatic heterocycles. The van der Waals surface area contributed by atoms with Crippen LogP contribution >= 0.6 is 0 Å². The van der Waals surface area contributed by atoms with Gasteiger partial charge in [-0.2, -0.15) is 0 Å². The molecular formula is C16H16O2. The standard InChI is InChI=1S/C16H16O2/c1-11-8-14(10-17)16(18)15(9-11)12(2)13-6-4-3-5-7-13/h3-10,12,18H,1-2H3/t12-/m0/s1. The predicted octanol–water partition coefficient (Wildman–Crippen LogP) is 3.66. The lowest BCUT2D eigenvalue weighted by atomic mass is 9.90. The maximum atomic E-state index is 10.9. The first-order valence-electron chi connectivity index (χ1n) is 5.97. The molecule has 0 aliphatic carbocycles. The van der Waals surface area contributed by atoms with Gasteiger partial charge in [0.15, 0.2) is 6.29 Å².